The third kappa shape index (κ3) is 8.21. The number of benzene rings is 1. The lowest BCUT2D eigenvalue weighted by molar-refractivity contribution is -0.199. The van der Waals surface area contributed by atoms with Gasteiger partial charge in [0.05, 0.1) is 25.9 Å². The topological polar surface area (TPSA) is 200 Å². The van der Waals surface area contributed by atoms with Gasteiger partial charge in [-0.05, 0) is 50.2 Å². The normalized spacial score (nSPS) is 24.8. The number of rotatable bonds is 14. The lowest BCUT2D eigenvalue weighted by Gasteiger charge is -2.25. The predicted molar refractivity (Wildman–Crippen MR) is 154 cm³/mol. The molecule has 236 valence electrons. The fraction of sp³-hybridized carbons (Fsp3) is 0.560. The van der Waals surface area contributed by atoms with Crippen molar-refractivity contribution in [3.05, 3.63) is 48.5 Å². The number of nitrogens with zero attached hydrogens (tertiary/aromatic N) is 4. The zero-order valence-electron chi connectivity index (χ0n) is 23.6. The summed E-state index contributed by atoms with van der Waals surface area (Å²) in [5.41, 5.74) is 0.961. The molecule has 18 heteroatoms. The van der Waals surface area contributed by atoms with Gasteiger partial charge in [-0.25, -0.2) is 19.1 Å². The van der Waals surface area contributed by atoms with Gasteiger partial charge in [0.2, 0.25) is 0 Å². The Hall–Kier alpha value is -1.94. The third-order valence-corrected chi connectivity index (χ3v) is 10.3. The van der Waals surface area contributed by atoms with E-state index in [1.165, 1.54) is 6.33 Å². The van der Waals surface area contributed by atoms with Crippen LogP contribution in [0.15, 0.2) is 47.9 Å². The summed E-state index contributed by atoms with van der Waals surface area (Å²) in [5.74, 6) is -0.924. The Bertz CT molecular complexity index is 1560. The molecule has 15 nitrogen and oxygen atoms in total. The first-order chi connectivity index (χ1) is 20.3. The number of imidazole rings is 1. The number of unbranched alkanes of at least 4 members (excludes halogenated alkanes) is 3. The van der Waals surface area contributed by atoms with Crippen molar-refractivity contribution in [3.8, 4) is 0 Å². The van der Waals surface area contributed by atoms with Gasteiger partial charge in [-0.1, -0.05) is 31.0 Å². The molecule has 2 aliphatic heterocycles. The van der Waals surface area contributed by atoms with E-state index in [2.05, 4.69) is 14.5 Å². The van der Waals surface area contributed by atoms with Gasteiger partial charge in [-0.2, -0.15) is 0 Å². The third-order valence-electron chi connectivity index (χ3n) is 6.92. The number of fused-ring (bicyclic) bond motifs is 2. The molecule has 5 rings (SSSR count). The first-order valence-electron chi connectivity index (χ1n) is 13.7. The minimum atomic E-state index is -4.44. The highest BCUT2D eigenvalue weighted by molar-refractivity contribution is 8.54. The van der Waals surface area contributed by atoms with Crippen molar-refractivity contribution in [3.63, 3.8) is 0 Å². The van der Waals surface area contributed by atoms with Crippen molar-refractivity contribution < 1.29 is 47.1 Å². The number of aryl methyl sites for hydroxylation is 1. The van der Waals surface area contributed by atoms with E-state index in [4.69, 9.17) is 33.9 Å². The van der Waals surface area contributed by atoms with Gasteiger partial charge in [0.15, 0.2) is 23.1 Å². The summed E-state index contributed by atoms with van der Waals surface area (Å²) >= 11 is 0.748. The van der Waals surface area contributed by atoms with Crippen LogP contribution in [0.25, 0.3) is 11.2 Å². The van der Waals surface area contributed by atoms with E-state index < -0.39 is 44.9 Å². The van der Waals surface area contributed by atoms with Gasteiger partial charge in [0, 0.05) is 11.4 Å². The van der Waals surface area contributed by atoms with E-state index in [0.29, 0.717) is 29.0 Å². The van der Waals surface area contributed by atoms with Gasteiger partial charge in [-0.15, -0.1) is 0 Å². The van der Waals surface area contributed by atoms with Crippen molar-refractivity contribution in [2.24, 2.45) is 0 Å². The highest BCUT2D eigenvalue weighted by atomic mass is 32.7. The molecule has 4 N–H and O–H groups in total. The van der Waals surface area contributed by atoms with Crippen molar-refractivity contribution >= 4 is 37.2 Å². The van der Waals surface area contributed by atoms with Gasteiger partial charge in [-0.3, -0.25) is 19.0 Å². The summed E-state index contributed by atoms with van der Waals surface area (Å²) in [7, 11) is -4.44. The molecule has 2 saturated heterocycles. The van der Waals surface area contributed by atoms with Crippen molar-refractivity contribution in [2.75, 3.05) is 13.2 Å². The molecule has 0 spiro atoms. The molecule has 0 aliphatic carbocycles. The van der Waals surface area contributed by atoms with Gasteiger partial charge >= 0.3 is 14.6 Å². The minimum Gasteiger partial charge on any atom is -0.347 e. The first-order valence-corrected chi connectivity index (χ1v) is 18.2. The van der Waals surface area contributed by atoms with E-state index in [9.17, 15) is 14.0 Å². The monoisotopic (exact) mass is 659 g/mol. The maximum atomic E-state index is 12.8. The zero-order chi connectivity index (χ0) is 30.8. The quantitative estimate of drug-likeness (QED) is 0.144. The number of aromatic nitrogens is 4. The molecular formula is C25H35N5O10P2S. The molecule has 2 aliphatic rings. The summed E-state index contributed by atoms with van der Waals surface area (Å²) in [6.45, 7) is -0.188. The number of hydrogen-bond acceptors (Lipinski definition) is 11. The van der Waals surface area contributed by atoms with Crippen LogP contribution in [-0.2, 0) is 38.9 Å². The Morgan fingerprint density at radius 1 is 1.00 bits per heavy atom. The molecule has 0 saturated carbocycles. The van der Waals surface area contributed by atoms with Gasteiger partial charge in [0.25, 0.3) is 0 Å². The number of phosphoric ester groups is 1. The molecule has 4 heterocycles. The van der Waals surface area contributed by atoms with E-state index >= 15 is 0 Å². The summed E-state index contributed by atoms with van der Waals surface area (Å²) in [4.78, 5) is 37.5. The molecule has 1 aromatic carbocycles. The van der Waals surface area contributed by atoms with Crippen LogP contribution in [0.5, 0.6) is 0 Å². The minimum absolute atomic E-state index is 0.0119. The Kier molecular flexibility index (Phi) is 9.96. The second-order valence-electron chi connectivity index (χ2n) is 10.6. The number of phosphoric acid groups is 1. The average molecular weight is 660 g/mol. The summed E-state index contributed by atoms with van der Waals surface area (Å²) in [6.07, 6.45) is 3.22. The summed E-state index contributed by atoms with van der Waals surface area (Å²) in [5, 5.41) is 8.68. The standard InChI is InChI=1S/C25H35N5O10P2S/c1-25(2)39-20-18(14-37-42(34,35)43-17-10-6-5-7-11-17)38-24(21(20)40-25)30-16-27-19-22(26)29(15-28-23(19)30)12-8-3-4-9-13-36-41(31,32)33/h5-7,10-11,15-16,18,20-21,24,26H,3-4,8-9,12-14H2,1-2H3,(H,34,35)(H2,31,32,33)/t18-,20-,21-,24-/m1/s1. The molecule has 0 radical (unpaired) electrons. The SMILES string of the molecule is CC1(C)O[C@@H]2[C@H](O1)[C@@H](COP(=O)(O)Sc1ccccc1)O[C@H]2n1cnc2c(=N)n(CCCCCCOP(=O)(O)O)cnc21. The average Bonchev–Trinajstić information content (AvgIpc) is 3.59. The first kappa shape index (κ1) is 32.5. The molecule has 0 bridgehead atoms. The van der Waals surface area contributed by atoms with Crippen molar-refractivity contribution in [2.45, 2.75) is 81.3 Å². The Morgan fingerprint density at radius 2 is 1.72 bits per heavy atom. The van der Waals surface area contributed by atoms with Crippen molar-refractivity contribution in [1.82, 2.24) is 19.1 Å². The molecule has 1 unspecified atom stereocenters. The Morgan fingerprint density at radius 3 is 2.47 bits per heavy atom. The van der Waals surface area contributed by atoms with E-state index in [-0.39, 0.29) is 18.7 Å². The Labute approximate surface area is 251 Å². The van der Waals surface area contributed by atoms with Gasteiger partial charge in [0.1, 0.15) is 23.8 Å². The van der Waals surface area contributed by atoms with Gasteiger partial charge < -0.3 is 33.5 Å². The second kappa shape index (κ2) is 13.2. The fourth-order valence-electron chi connectivity index (χ4n) is 5.07. The zero-order valence-corrected chi connectivity index (χ0v) is 26.2. The largest absolute Gasteiger partial charge is 0.469 e. The molecule has 2 aromatic heterocycles. The lowest BCUT2D eigenvalue weighted by atomic mass is 10.1. The van der Waals surface area contributed by atoms with E-state index in [0.717, 1.165) is 30.6 Å². The lowest BCUT2D eigenvalue weighted by Crippen LogP contribution is -2.32. The number of ether oxygens (including phenoxy) is 3. The van der Waals surface area contributed by atoms with Crippen LogP contribution >= 0.6 is 26.0 Å². The number of hydrogen-bond donors (Lipinski definition) is 4. The second-order valence-corrected chi connectivity index (χ2v) is 15.7. The van der Waals surface area contributed by atoms with Crippen LogP contribution < -0.4 is 5.49 Å². The maximum absolute atomic E-state index is 12.8. The molecule has 43 heavy (non-hydrogen) atoms. The van der Waals surface area contributed by atoms with Crippen LogP contribution in [0.4, 0.5) is 0 Å². The van der Waals surface area contributed by atoms with E-state index in [1.807, 2.05) is 6.07 Å². The molecule has 0 amide bonds. The predicted octanol–water partition coefficient (Wildman–Crippen LogP) is 3.71. The van der Waals surface area contributed by atoms with Crippen molar-refractivity contribution in [1.29, 1.82) is 5.41 Å². The molecule has 2 fully saturated rings. The summed E-state index contributed by atoms with van der Waals surface area (Å²) < 4.78 is 55.3. The highest BCUT2D eigenvalue weighted by Gasteiger charge is 2.56. The van der Waals surface area contributed by atoms with Crippen LogP contribution in [0, 0.1) is 5.41 Å². The molecule has 5 atom stereocenters. The van der Waals surface area contributed by atoms with Crippen LogP contribution in [0.2, 0.25) is 0 Å². The fourth-order valence-corrected chi connectivity index (χ4v) is 7.88. The molecular weight excluding hydrogens is 624 g/mol. The van der Waals surface area contributed by atoms with E-state index in [1.54, 1.807) is 53.6 Å². The maximum Gasteiger partial charge on any atom is 0.469 e. The smallest absolute Gasteiger partial charge is 0.347 e. The highest BCUT2D eigenvalue weighted by Crippen LogP contribution is 2.59. The van der Waals surface area contributed by atoms with Crippen LogP contribution in [0.1, 0.15) is 45.8 Å². The molecule has 3 aromatic rings. The van der Waals surface area contributed by atoms with Crippen LogP contribution in [0.3, 0.4) is 0 Å². The summed E-state index contributed by atoms with van der Waals surface area (Å²) in [6, 6.07) is 8.81. The Balaban J connectivity index is 1.24. The number of nitrogens with one attached hydrogen (secondary N) is 1. The van der Waals surface area contributed by atoms with Crippen LogP contribution in [-0.4, -0.2) is 71.1 Å².